The molecule has 0 aromatic carbocycles. The van der Waals surface area contributed by atoms with E-state index in [9.17, 15) is 14.4 Å². The van der Waals surface area contributed by atoms with Gasteiger partial charge in [-0.1, -0.05) is 0 Å². The van der Waals surface area contributed by atoms with E-state index in [1.807, 2.05) is 13.8 Å². The molecule has 1 fully saturated rings. The molecule has 0 saturated heterocycles. The number of amides is 3. The Morgan fingerprint density at radius 1 is 1.30 bits per heavy atom. The van der Waals surface area contributed by atoms with Crippen LogP contribution in [0.25, 0.3) is 0 Å². The van der Waals surface area contributed by atoms with Crippen LogP contribution in [-0.2, 0) is 9.59 Å². The van der Waals surface area contributed by atoms with Crippen LogP contribution in [-0.4, -0.2) is 53.6 Å². The largest absolute Gasteiger partial charge is 0.481 e. The van der Waals surface area contributed by atoms with Crippen LogP contribution in [0.15, 0.2) is 0 Å². The molecule has 0 heterocycles. The quantitative estimate of drug-likeness (QED) is 0.631. The zero-order chi connectivity index (χ0) is 15.3. The third kappa shape index (κ3) is 4.40. The van der Waals surface area contributed by atoms with Gasteiger partial charge in [-0.3, -0.25) is 9.59 Å². The van der Waals surface area contributed by atoms with Crippen molar-refractivity contribution in [2.45, 2.75) is 39.7 Å². The van der Waals surface area contributed by atoms with Gasteiger partial charge in [0.2, 0.25) is 5.91 Å². The maximum absolute atomic E-state index is 11.9. The summed E-state index contributed by atoms with van der Waals surface area (Å²) >= 11 is 0. The van der Waals surface area contributed by atoms with Crippen LogP contribution < -0.4 is 10.6 Å². The summed E-state index contributed by atoms with van der Waals surface area (Å²) in [4.78, 5) is 35.9. The fraction of sp³-hybridized carbons (Fsp3) is 0.769. The predicted octanol–water partition coefficient (Wildman–Crippen LogP) is 0.407. The first-order valence-electron chi connectivity index (χ1n) is 6.86. The van der Waals surface area contributed by atoms with Crippen LogP contribution in [0.3, 0.4) is 0 Å². The number of carboxylic acids is 1. The summed E-state index contributed by atoms with van der Waals surface area (Å²) in [5.41, 5.74) is -0.796. The van der Waals surface area contributed by atoms with Crippen molar-refractivity contribution in [3.05, 3.63) is 0 Å². The zero-order valence-corrected chi connectivity index (χ0v) is 12.2. The van der Waals surface area contributed by atoms with Crippen LogP contribution >= 0.6 is 0 Å². The van der Waals surface area contributed by atoms with Crippen LogP contribution in [0, 0.1) is 5.41 Å². The first-order chi connectivity index (χ1) is 9.30. The number of likely N-dealkylation sites (N-methyl/N-ethyl adjacent to an activating group) is 1. The maximum Gasteiger partial charge on any atom is 0.317 e. The molecule has 0 unspecified atom stereocenters. The Labute approximate surface area is 118 Å². The van der Waals surface area contributed by atoms with Gasteiger partial charge >= 0.3 is 12.0 Å². The van der Waals surface area contributed by atoms with Crippen LogP contribution in [0.2, 0.25) is 0 Å². The first kappa shape index (κ1) is 16.3. The number of nitrogens with one attached hydrogen (secondary N) is 2. The van der Waals surface area contributed by atoms with E-state index >= 15 is 0 Å². The fourth-order valence-corrected chi connectivity index (χ4v) is 1.84. The first-order valence-corrected chi connectivity index (χ1v) is 6.86. The molecule has 3 N–H and O–H groups in total. The molecule has 0 aromatic heterocycles. The van der Waals surface area contributed by atoms with E-state index in [0.29, 0.717) is 19.4 Å². The Bertz CT molecular complexity index is 391. The summed E-state index contributed by atoms with van der Waals surface area (Å²) < 4.78 is 0. The number of carbonyl (C=O) groups excluding carboxylic acids is 2. The Morgan fingerprint density at radius 3 is 2.30 bits per heavy atom. The van der Waals surface area contributed by atoms with Crippen LogP contribution in [0.1, 0.15) is 33.6 Å². The predicted molar refractivity (Wildman–Crippen MR) is 73.2 cm³/mol. The highest BCUT2D eigenvalue weighted by Crippen LogP contribution is 2.45. The SMILES string of the molecule is CCN(CC(=O)NC(C)C)C(=O)NCC1(C(=O)O)CC1. The molecule has 0 aromatic rings. The van der Waals surface area contributed by atoms with Gasteiger partial charge in [0, 0.05) is 19.1 Å². The maximum atomic E-state index is 11.9. The molecule has 3 amide bonds. The molecule has 0 bridgehead atoms. The number of hydrogen-bond donors (Lipinski definition) is 3. The number of carbonyl (C=O) groups is 3. The summed E-state index contributed by atoms with van der Waals surface area (Å²) in [5, 5.41) is 14.3. The number of aliphatic carboxylic acids is 1. The van der Waals surface area contributed by atoms with Gasteiger partial charge in [-0.15, -0.1) is 0 Å². The monoisotopic (exact) mass is 285 g/mol. The smallest absolute Gasteiger partial charge is 0.317 e. The molecule has 1 rings (SSSR count). The Balaban J connectivity index is 2.43. The van der Waals surface area contributed by atoms with Crippen molar-refractivity contribution < 1.29 is 19.5 Å². The Kier molecular flexibility index (Phi) is 5.35. The molecule has 114 valence electrons. The minimum Gasteiger partial charge on any atom is -0.481 e. The lowest BCUT2D eigenvalue weighted by molar-refractivity contribution is -0.143. The van der Waals surface area contributed by atoms with E-state index in [2.05, 4.69) is 10.6 Å². The number of urea groups is 1. The molecule has 1 saturated carbocycles. The molecule has 1 aliphatic rings. The van der Waals surface area contributed by atoms with Gasteiger partial charge in [-0.2, -0.15) is 0 Å². The molecular weight excluding hydrogens is 262 g/mol. The standard InChI is InChI=1S/C13H23N3O4/c1-4-16(7-10(17)15-9(2)3)12(20)14-8-13(5-6-13)11(18)19/h9H,4-8H2,1-3H3,(H,14,20)(H,15,17)(H,18,19). The topological polar surface area (TPSA) is 98.7 Å². The zero-order valence-electron chi connectivity index (χ0n) is 12.2. The van der Waals surface area contributed by atoms with Crippen molar-refractivity contribution in [3.63, 3.8) is 0 Å². The van der Waals surface area contributed by atoms with Crippen LogP contribution in [0.4, 0.5) is 4.79 Å². The van der Waals surface area contributed by atoms with Crippen molar-refractivity contribution in [2.75, 3.05) is 19.6 Å². The average Bonchev–Trinajstić information content (AvgIpc) is 3.13. The van der Waals surface area contributed by atoms with E-state index in [1.165, 1.54) is 4.90 Å². The lowest BCUT2D eigenvalue weighted by Crippen LogP contribution is -2.48. The summed E-state index contributed by atoms with van der Waals surface area (Å²) in [7, 11) is 0. The van der Waals surface area contributed by atoms with E-state index in [-0.39, 0.29) is 25.0 Å². The molecule has 7 nitrogen and oxygen atoms in total. The molecular formula is C13H23N3O4. The third-order valence-corrected chi connectivity index (χ3v) is 3.34. The second-order valence-corrected chi connectivity index (χ2v) is 5.48. The lowest BCUT2D eigenvalue weighted by atomic mass is 10.1. The fourth-order valence-electron chi connectivity index (χ4n) is 1.84. The highest BCUT2D eigenvalue weighted by atomic mass is 16.4. The van der Waals surface area contributed by atoms with Crippen molar-refractivity contribution in [2.24, 2.45) is 5.41 Å². The summed E-state index contributed by atoms with van der Waals surface area (Å²) in [5.74, 6) is -1.10. The molecule has 0 aliphatic heterocycles. The molecule has 0 radical (unpaired) electrons. The van der Waals surface area contributed by atoms with E-state index in [0.717, 1.165) is 0 Å². The van der Waals surface area contributed by atoms with Crippen molar-refractivity contribution in [3.8, 4) is 0 Å². The van der Waals surface area contributed by atoms with Gasteiger partial charge < -0.3 is 20.6 Å². The van der Waals surface area contributed by atoms with Gasteiger partial charge in [0.15, 0.2) is 0 Å². The minimum atomic E-state index is -0.876. The average molecular weight is 285 g/mol. The normalized spacial score (nSPS) is 15.6. The van der Waals surface area contributed by atoms with Gasteiger partial charge in [0.05, 0.1) is 5.41 Å². The molecule has 7 heteroatoms. The van der Waals surface area contributed by atoms with Gasteiger partial charge in [0.1, 0.15) is 6.54 Å². The van der Waals surface area contributed by atoms with Crippen molar-refractivity contribution in [1.82, 2.24) is 15.5 Å². The lowest BCUT2D eigenvalue weighted by Gasteiger charge is -2.22. The third-order valence-electron chi connectivity index (χ3n) is 3.34. The molecule has 0 spiro atoms. The number of nitrogens with zero attached hydrogens (tertiary/aromatic N) is 1. The van der Waals surface area contributed by atoms with Crippen molar-refractivity contribution in [1.29, 1.82) is 0 Å². The second kappa shape index (κ2) is 6.58. The van der Waals surface area contributed by atoms with Crippen molar-refractivity contribution >= 4 is 17.9 Å². The van der Waals surface area contributed by atoms with E-state index in [1.54, 1.807) is 6.92 Å². The molecule has 0 atom stereocenters. The van der Waals surface area contributed by atoms with Gasteiger partial charge in [-0.05, 0) is 33.6 Å². The number of hydrogen-bond acceptors (Lipinski definition) is 3. The Morgan fingerprint density at radius 2 is 1.90 bits per heavy atom. The highest BCUT2D eigenvalue weighted by Gasteiger charge is 2.50. The Hall–Kier alpha value is -1.79. The minimum absolute atomic E-state index is 0.0195. The van der Waals surface area contributed by atoms with Gasteiger partial charge in [-0.25, -0.2) is 4.79 Å². The molecule has 1 aliphatic carbocycles. The second-order valence-electron chi connectivity index (χ2n) is 5.48. The van der Waals surface area contributed by atoms with E-state index < -0.39 is 17.4 Å². The summed E-state index contributed by atoms with van der Waals surface area (Å²) in [6.45, 7) is 5.93. The summed E-state index contributed by atoms with van der Waals surface area (Å²) in [6, 6.07) is -0.384. The van der Waals surface area contributed by atoms with E-state index in [4.69, 9.17) is 5.11 Å². The van der Waals surface area contributed by atoms with Gasteiger partial charge in [0.25, 0.3) is 0 Å². The number of carboxylic acid groups (broad SMARTS) is 1. The summed E-state index contributed by atoms with van der Waals surface area (Å²) in [6.07, 6.45) is 1.17. The highest BCUT2D eigenvalue weighted by molar-refractivity contribution is 5.85. The van der Waals surface area contributed by atoms with Crippen LogP contribution in [0.5, 0.6) is 0 Å². The number of rotatable bonds is 7. The molecule has 20 heavy (non-hydrogen) atoms.